The van der Waals surface area contributed by atoms with Gasteiger partial charge < -0.3 is 20.9 Å². The highest BCUT2D eigenvalue weighted by Gasteiger charge is 2.19. The van der Waals surface area contributed by atoms with E-state index in [4.69, 9.17) is 4.98 Å². The summed E-state index contributed by atoms with van der Waals surface area (Å²) in [5, 5.41) is 13.3. The van der Waals surface area contributed by atoms with E-state index in [1.54, 1.807) is 0 Å². The van der Waals surface area contributed by atoms with Gasteiger partial charge in [-0.2, -0.15) is 0 Å². The molecule has 5 nitrogen and oxygen atoms in total. The van der Waals surface area contributed by atoms with Gasteiger partial charge in [-0.1, -0.05) is 12.1 Å². The normalized spacial score (nSPS) is 19.3. The zero-order valence-electron chi connectivity index (χ0n) is 17.7. The number of hydrogen-bond donors (Lipinski definition) is 3. The first kappa shape index (κ1) is 19.0. The molecule has 1 saturated heterocycles. The summed E-state index contributed by atoms with van der Waals surface area (Å²) in [5.41, 5.74) is 5.85. The van der Waals surface area contributed by atoms with Gasteiger partial charge in [0.05, 0.1) is 16.9 Å². The summed E-state index contributed by atoms with van der Waals surface area (Å²) in [4.78, 5) is 8.92. The second-order valence-electron chi connectivity index (χ2n) is 8.55. The quantitative estimate of drug-likeness (QED) is 0.440. The van der Waals surface area contributed by atoms with E-state index in [1.165, 1.54) is 37.3 Å². The summed E-state index contributed by atoms with van der Waals surface area (Å²) in [5.74, 6) is 0. The number of anilines is 2. The molecular weight excluding hydrogens is 402 g/mol. The molecule has 1 atom stereocenters. The smallest absolute Gasteiger partial charge is 0.0717 e. The molecule has 31 heavy (non-hydrogen) atoms. The van der Waals surface area contributed by atoms with Crippen LogP contribution in [0.4, 0.5) is 11.4 Å². The van der Waals surface area contributed by atoms with Crippen molar-refractivity contribution in [3.63, 3.8) is 0 Å². The third kappa shape index (κ3) is 3.45. The average Bonchev–Trinajstić information content (AvgIpc) is 3.09. The summed E-state index contributed by atoms with van der Waals surface area (Å²) in [6.45, 7) is 8.29. The molecular formula is C25H27N5S. The molecule has 4 aromatic rings. The minimum atomic E-state index is 0.470. The Bertz CT molecular complexity index is 1260. The third-order valence-corrected chi connectivity index (χ3v) is 7.57. The van der Waals surface area contributed by atoms with Gasteiger partial charge in [-0.15, -0.1) is 11.3 Å². The van der Waals surface area contributed by atoms with E-state index in [0.717, 1.165) is 50.5 Å². The first-order chi connectivity index (χ1) is 15.3. The fraction of sp³-hybridized carbons (Fsp3) is 0.320. The van der Waals surface area contributed by atoms with E-state index in [-0.39, 0.29) is 0 Å². The van der Waals surface area contributed by atoms with Crippen LogP contribution in [0.25, 0.3) is 32.2 Å². The molecule has 2 aromatic heterocycles. The Morgan fingerprint density at radius 1 is 1.06 bits per heavy atom. The number of nitrogens with zero attached hydrogens (tertiary/aromatic N) is 2. The van der Waals surface area contributed by atoms with Crippen molar-refractivity contribution in [3.8, 4) is 11.3 Å². The first-order valence-corrected chi connectivity index (χ1v) is 12.0. The monoisotopic (exact) mass is 429 g/mol. The van der Waals surface area contributed by atoms with Crippen molar-refractivity contribution in [1.82, 2.24) is 15.6 Å². The minimum absolute atomic E-state index is 0.470. The highest BCUT2D eigenvalue weighted by Crippen LogP contribution is 2.41. The van der Waals surface area contributed by atoms with Crippen LogP contribution in [0.15, 0.2) is 48.5 Å². The van der Waals surface area contributed by atoms with Crippen LogP contribution in [-0.2, 0) is 6.54 Å². The molecule has 6 rings (SSSR count). The zero-order chi connectivity index (χ0) is 20.8. The molecule has 4 heterocycles. The molecule has 0 spiro atoms. The largest absolute Gasteiger partial charge is 0.382 e. The summed E-state index contributed by atoms with van der Waals surface area (Å²) < 4.78 is 1.33. The minimum Gasteiger partial charge on any atom is -0.382 e. The van der Waals surface area contributed by atoms with Crippen LogP contribution >= 0.6 is 11.3 Å². The number of benzene rings is 2. The lowest BCUT2D eigenvalue weighted by Crippen LogP contribution is -2.43. The number of nitrogens with one attached hydrogen (secondary N) is 3. The Morgan fingerprint density at radius 2 is 1.97 bits per heavy atom. The molecule has 0 unspecified atom stereocenters. The molecule has 0 aliphatic carbocycles. The Labute approximate surface area is 186 Å². The maximum atomic E-state index is 5.08. The molecule has 1 fully saturated rings. The van der Waals surface area contributed by atoms with Crippen molar-refractivity contribution in [2.24, 2.45) is 0 Å². The van der Waals surface area contributed by atoms with Crippen LogP contribution in [0.3, 0.4) is 0 Å². The molecule has 2 aliphatic heterocycles. The van der Waals surface area contributed by atoms with Gasteiger partial charge in [0.1, 0.15) is 0 Å². The maximum Gasteiger partial charge on any atom is 0.0717 e. The fourth-order valence-corrected chi connectivity index (χ4v) is 5.85. The zero-order valence-corrected chi connectivity index (χ0v) is 18.6. The van der Waals surface area contributed by atoms with Crippen LogP contribution in [0.2, 0.25) is 0 Å². The Hall–Kier alpha value is -2.67. The number of aromatic nitrogens is 1. The highest BCUT2D eigenvalue weighted by molar-refractivity contribution is 7.20. The number of thiophene rings is 1. The van der Waals surface area contributed by atoms with E-state index >= 15 is 0 Å². The highest BCUT2D eigenvalue weighted by atomic mass is 32.1. The number of hydrogen-bond acceptors (Lipinski definition) is 6. The van der Waals surface area contributed by atoms with Gasteiger partial charge in [0.25, 0.3) is 0 Å². The van der Waals surface area contributed by atoms with Crippen molar-refractivity contribution in [3.05, 3.63) is 53.4 Å². The lowest BCUT2D eigenvalue weighted by atomic mass is 10.1. The predicted octanol–water partition coefficient (Wildman–Crippen LogP) is 4.43. The van der Waals surface area contributed by atoms with E-state index in [2.05, 4.69) is 76.3 Å². The van der Waals surface area contributed by atoms with Crippen molar-refractivity contribution in [2.75, 3.05) is 42.9 Å². The molecule has 0 radical (unpaired) electrons. The van der Waals surface area contributed by atoms with Gasteiger partial charge in [0, 0.05) is 76.9 Å². The molecule has 0 bridgehead atoms. The second kappa shape index (κ2) is 7.79. The predicted molar refractivity (Wildman–Crippen MR) is 132 cm³/mol. The standard InChI is InChI=1S/C25H27N5S/c1-16-14-28-25-23(15-27-16)31-22-8-7-21-19(24(22)25)5-6-20(29-21)17-3-2-4-18(13-17)30-11-9-26-10-12-30/h2-8,13,16,26-28H,9-12,14-15H2,1H3/t16-/m1/s1. The molecule has 0 amide bonds. The van der Waals surface area contributed by atoms with Crippen LogP contribution < -0.4 is 20.9 Å². The second-order valence-corrected chi connectivity index (χ2v) is 9.69. The van der Waals surface area contributed by atoms with E-state index in [0.29, 0.717) is 6.04 Å². The topological polar surface area (TPSA) is 52.2 Å². The first-order valence-electron chi connectivity index (χ1n) is 11.1. The Balaban J connectivity index is 1.42. The average molecular weight is 430 g/mol. The lowest BCUT2D eigenvalue weighted by molar-refractivity contribution is 0.584. The van der Waals surface area contributed by atoms with E-state index in [9.17, 15) is 0 Å². The lowest BCUT2D eigenvalue weighted by Gasteiger charge is -2.29. The van der Waals surface area contributed by atoms with Crippen LogP contribution in [0, 0.1) is 0 Å². The molecule has 158 valence electrons. The van der Waals surface area contributed by atoms with Gasteiger partial charge in [-0.3, -0.25) is 0 Å². The summed E-state index contributed by atoms with van der Waals surface area (Å²) in [7, 11) is 0. The van der Waals surface area contributed by atoms with Crippen LogP contribution in [-0.4, -0.2) is 43.7 Å². The van der Waals surface area contributed by atoms with Crippen molar-refractivity contribution >= 4 is 43.7 Å². The molecule has 2 aromatic carbocycles. The third-order valence-electron chi connectivity index (χ3n) is 6.42. The van der Waals surface area contributed by atoms with Crippen molar-refractivity contribution in [2.45, 2.75) is 19.5 Å². The summed E-state index contributed by atoms with van der Waals surface area (Å²) in [6.07, 6.45) is 0. The van der Waals surface area contributed by atoms with E-state index < -0.39 is 0 Å². The Morgan fingerprint density at radius 3 is 2.87 bits per heavy atom. The number of piperazine rings is 1. The van der Waals surface area contributed by atoms with Crippen LogP contribution in [0.5, 0.6) is 0 Å². The van der Waals surface area contributed by atoms with Gasteiger partial charge >= 0.3 is 0 Å². The fourth-order valence-electron chi connectivity index (χ4n) is 4.70. The number of pyridine rings is 1. The summed E-state index contributed by atoms with van der Waals surface area (Å²) >= 11 is 1.88. The summed E-state index contributed by atoms with van der Waals surface area (Å²) in [6, 6.07) is 18.1. The van der Waals surface area contributed by atoms with Gasteiger partial charge in [0.2, 0.25) is 0 Å². The molecule has 3 N–H and O–H groups in total. The number of fused-ring (bicyclic) bond motifs is 5. The van der Waals surface area contributed by atoms with E-state index in [1.807, 2.05) is 11.3 Å². The van der Waals surface area contributed by atoms with Crippen molar-refractivity contribution < 1.29 is 0 Å². The van der Waals surface area contributed by atoms with Crippen LogP contribution in [0.1, 0.15) is 11.8 Å². The van der Waals surface area contributed by atoms with Gasteiger partial charge in [-0.05, 0) is 43.3 Å². The maximum absolute atomic E-state index is 5.08. The molecule has 2 aliphatic rings. The van der Waals surface area contributed by atoms with Crippen molar-refractivity contribution in [1.29, 1.82) is 0 Å². The van der Waals surface area contributed by atoms with Gasteiger partial charge in [0.15, 0.2) is 0 Å². The SMILES string of the molecule is C[C@@H]1CNc2c(sc3ccc4nc(-c5cccc(N6CCNCC6)c5)ccc4c23)CN1. The molecule has 6 heteroatoms. The molecule has 0 saturated carbocycles. The Kier molecular flexibility index (Phi) is 4.78. The number of rotatable bonds is 2. The van der Waals surface area contributed by atoms with Gasteiger partial charge in [-0.25, -0.2) is 4.98 Å².